The predicted octanol–water partition coefficient (Wildman–Crippen LogP) is 2.15. The number of nitrogens with one attached hydrogen (secondary N) is 1. The molecule has 0 atom stereocenters. The first-order valence-electron chi connectivity index (χ1n) is 6.13. The summed E-state index contributed by atoms with van der Waals surface area (Å²) in [6.07, 6.45) is 1.61. The first-order valence-corrected chi connectivity index (χ1v) is 8.45. The van der Waals surface area contributed by atoms with E-state index in [2.05, 4.69) is 15.5 Å². The predicted molar refractivity (Wildman–Crippen MR) is 85.4 cm³/mol. The lowest BCUT2D eigenvalue weighted by Gasteiger charge is -2.10. The highest BCUT2D eigenvalue weighted by molar-refractivity contribution is 7.89. The Bertz CT molecular complexity index is 734. The van der Waals surface area contributed by atoms with Crippen molar-refractivity contribution in [3.8, 4) is 0 Å². The molecule has 6 nitrogen and oxygen atoms in total. The summed E-state index contributed by atoms with van der Waals surface area (Å²) in [5.74, 6) is 0. The third-order valence-corrected chi connectivity index (χ3v) is 5.35. The molecule has 0 amide bonds. The lowest BCUT2D eigenvalue weighted by atomic mass is 10.2. The monoisotopic (exact) mass is 324 g/mol. The molecular formula is C13H16N4O2S2. The molecule has 0 unspecified atom stereocenters. The largest absolute Gasteiger partial charge is 0.253 e. The molecule has 0 bridgehead atoms. The standard InChI is InChI=1S/C13H16N4O2S2/c1-10-9-20-13(15-10)16-14-8-11-4-6-12(7-5-11)21(18,19)17(2)3/h4-9H,1-3H3,(H,15,16). The number of rotatable bonds is 5. The Morgan fingerprint density at radius 2 is 1.95 bits per heavy atom. The van der Waals surface area contributed by atoms with Crippen LogP contribution in [0.5, 0.6) is 0 Å². The minimum Gasteiger partial charge on any atom is -0.253 e. The molecule has 21 heavy (non-hydrogen) atoms. The molecule has 0 fully saturated rings. The molecule has 1 heterocycles. The average molecular weight is 324 g/mol. The molecule has 0 aliphatic heterocycles. The Hall–Kier alpha value is -1.77. The molecule has 1 N–H and O–H groups in total. The highest BCUT2D eigenvalue weighted by Crippen LogP contribution is 2.15. The van der Waals surface area contributed by atoms with Crippen molar-refractivity contribution in [1.82, 2.24) is 9.29 Å². The van der Waals surface area contributed by atoms with Gasteiger partial charge in [-0.2, -0.15) is 5.10 Å². The Morgan fingerprint density at radius 1 is 1.29 bits per heavy atom. The van der Waals surface area contributed by atoms with Crippen LogP contribution >= 0.6 is 11.3 Å². The molecule has 0 aliphatic carbocycles. The Kier molecular flexibility index (Phi) is 4.71. The van der Waals surface area contributed by atoms with Gasteiger partial charge in [0.05, 0.1) is 16.8 Å². The van der Waals surface area contributed by atoms with Crippen molar-refractivity contribution < 1.29 is 8.42 Å². The van der Waals surface area contributed by atoms with E-state index in [1.165, 1.54) is 29.7 Å². The van der Waals surface area contributed by atoms with E-state index in [-0.39, 0.29) is 4.90 Å². The third kappa shape index (κ3) is 3.87. The number of hydrogen-bond acceptors (Lipinski definition) is 6. The fourth-order valence-electron chi connectivity index (χ4n) is 1.50. The zero-order chi connectivity index (χ0) is 15.5. The second-order valence-electron chi connectivity index (χ2n) is 4.52. The summed E-state index contributed by atoms with van der Waals surface area (Å²) in [6.45, 7) is 1.91. The lowest BCUT2D eigenvalue weighted by Crippen LogP contribution is -2.22. The summed E-state index contributed by atoms with van der Waals surface area (Å²) in [6, 6.07) is 6.53. The SMILES string of the molecule is Cc1csc(NN=Cc2ccc(S(=O)(=O)N(C)C)cc2)n1. The van der Waals surface area contributed by atoms with Crippen molar-refractivity contribution in [2.24, 2.45) is 5.10 Å². The summed E-state index contributed by atoms with van der Waals surface area (Å²) in [5, 5.41) is 6.71. The van der Waals surface area contributed by atoms with Crippen LogP contribution in [0.2, 0.25) is 0 Å². The number of aromatic nitrogens is 1. The number of hydrazone groups is 1. The van der Waals surface area contributed by atoms with Crippen LogP contribution in [-0.4, -0.2) is 38.0 Å². The van der Waals surface area contributed by atoms with E-state index >= 15 is 0 Å². The van der Waals surface area contributed by atoms with Crippen LogP contribution in [0.25, 0.3) is 0 Å². The summed E-state index contributed by atoms with van der Waals surface area (Å²) in [5.41, 5.74) is 4.57. The van der Waals surface area contributed by atoms with Crippen molar-refractivity contribution in [1.29, 1.82) is 0 Å². The van der Waals surface area contributed by atoms with Crippen LogP contribution in [0.3, 0.4) is 0 Å². The van der Waals surface area contributed by atoms with Gasteiger partial charge in [0, 0.05) is 19.5 Å². The van der Waals surface area contributed by atoms with Gasteiger partial charge in [0.1, 0.15) is 0 Å². The quantitative estimate of drug-likeness (QED) is 0.675. The zero-order valence-electron chi connectivity index (χ0n) is 11.9. The molecule has 0 saturated carbocycles. The Labute approximate surface area is 128 Å². The molecule has 8 heteroatoms. The van der Waals surface area contributed by atoms with Gasteiger partial charge in [-0.15, -0.1) is 11.3 Å². The van der Waals surface area contributed by atoms with Gasteiger partial charge in [0.25, 0.3) is 0 Å². The first kappa shape index (κ1) is 15.6. The normalized spacial score (nSPS) is 12.2. The van der Waals surface area contributed by atoms with Crippen LogP contribution in [-0.2, 0) is 10.0 Å². The van der Waals surface area contributed by atoms with Crippen molar-refractivity contribution in [3.63, 3.8) is 0 Å². The summed E-state index contributed by atoms with van der Waals surface area (Å²) in [4.78, 5) is 4.47. The maximum absolute atomic E-state index is 11.9. The van der Waals surface area contributed by atoms with Crippen LogP contribution in [0.4, 0.5) is 5.13 Å². The van der Waals surface area contributed by atoms with Gasteiger partial charge in [-0.3, -0.25) is 5.43 Å². The van der Waals surface area contributed by atoms with Gasteiger partial charge in [-0.05, 0) is 24.6 Å². The fourth-order valence-corrected chi connectivity index (χ4v) is 3.04. The van der Waals surface area contributed by atoms with Gasteiger partial charge in [-0.1, -0.05) is 12.1 Å². The van der Waals surface area contributed by atoms with Gasteiger partial charge in [-0.25, -0.2) is 17.7 Å². The number of hydrogen-bond donors (Lipinski definition) is 1. The zero-order valence-corrected chi connectivity index (χ0v) is 13.6. The fraction of sp³-hybridized carbons (Fsp3) is 0.231. The number of sulfonamides is 1. The minimum atomic E-state index is -3.39. The maximum atomic E-state index is 11.9. The van der Waals surface area contributed by atoms with Crippen molar-refractivity contribution >= 4 is 32.7 Å². The molecule has 0 radical (unpaired) electrons. The van der Waals surface area contributed by atoms with Gasteiger partial charge in [0.15, 0.2) is 0 Å². The van der Waals surface area contributed by atoms with Crippen molar-refractivity contribution in [3.05, 3.63) is 40.9 Å². The van der Waals surface area contributed by atoms with E-state index in [1.54, 1.807) is 30.5 Å². The summed E-state index contributed by atoms with van der Waals surface area (Å²) < 4.78 is 25.0. The smallest absolute Gasteiger partial charge is 0.242 e. The number of nitrogens with zero attached hydrogens (tertiary/aromatic N) is 3. The first-order chi connectivity index (χ1) is 9.89. The van der Waals surface area contributed by atoms with Crippen LogP contribution < -0.4 is 5.43 Å². The number of anilines is 1. The summed E-state index contributed by atoms with van der Waals surface area (Å²) in [7, 11) is -0.380. The summed E-state index contributed by atoms with van der Waals surface area (Å²) >= 11 is 1.47. The van der Waals surface area contributed by atoms with Gasteiger partial charge >= 0.3 is 0 Å². The number of aryl methyl sites for hydroxylation is 1. The molecule has 1 aromatic carbocycles. The highest BCUT2D eigenvalue weighted by Gasteiger charge is 2.16. The molecule has 0 spiro atoms. The Balaban J connectivity index is 2.06. The van der Waals surface area contributed by atoms with E-state index < -0.39 is 10.0 Å². The second-order valence-corrected chi connectivity index (χ2v) is 7.53. The molecule has 112 valence electrons. The van der Waals surface area contributed by atoms with Crippen LogP contribution in [0, 0.1) is 6.92 Å². The third-order valence-electron chi connectivity index (χ3n) is 2.65. The lowest BCUT2D eigenvalue weighted by molar-refractivity contribution is 0.521. The number of benzene rings is 1. The molecular weight excluding hydrogens is 308 g/mol. The van der Waals surface area contributed by atoms with Crippen molar-refractivity contribution in [2.75, 3.05) is 19.5 Å². The van der Waals surface area contributed by atoms with E-state index in [4.69, 9.17) is 0 Å². The van der Waals surface area contributed by atoms with E-state index in [9.17, 15) is 8.42 Å². The van der Waals surface area contributed by atoms with Crippen LogP contribution in [0.15, 0.2) is 39.6 Å². The molecule has 2 rings (SSSR count). The highest BCUT2D eigenvalue weighted by atomic mass is 32.2. The molecule has 0 saturated heterocycles. The van der Waals surface area contributed by atoms with Gasteiger partial charge < -0.3 is 0 Å². The average Bonchev–Trinajstić information content (AvgIpc) is 2.85. The van der Waals surface area contributed by atoms with E-state index in [0.29, 0.717) is 0 Å². The van der Waals surface area contributed by atoms with E-state index in [1.807, 2.05) is 12.3 Å². The van der Waals surface area contributed by atoms with Crippen LogP contribution in [0.1, 0.15) is 11.3 Å². The second kappa shape index (κ2) is 6.33. The Morgan fingerprint density at radius 3 is 2.48 bits per heavy atom. The van der Waals surface area contributed by atoms with E-state index in [0.717, 1.165) is 16.4 Å². The molecule has 2 aromatic rings. The maximum Gasteiger partial charge on any atom is 0.242 e. The topological polar surface area (TPSA) is 74.7 Å². The molecule has 1 aromatic heterocycles. The minimum absolute atomic E-state index is 0.258. The van der Waals surface area contributed by atoms with Crippen molar-refractivity contribution in [2.45, 2.75) is 11.8 Å². The van der Waals surface area contributed by atoms with Gasteiger partial charge in [0.2, 0.25) is 15.2 Å². The number of thiazole rings is 1. The molecule has 0 aliphatic rings.